The van der Waals surface area contributed by atoms with Gasteiger partial charge in [-0.3, -0.25) is 19.4 Å². The van der Waals surface area contributed by atoms with E-state index < -0.39 is 16.1 Å². The number of hydrogen-bond donors (Lipinski definition) is 3. The van der Waals surface area contributed by atoms with Crippen molar-refractivity contribution in [3.05, 3.63) is 89.5 Å². The average Bonchev–Trinajstić information content (AvgIpc) is 3.34. The number of hydrogen-bond acceptors (Lipinski definition) is 9. The van der Waals surface area contributed by atoms with Crippen molar-refractivity contribution >= 4 is 56.2 Å². The fourth-order valence-corrected chi connectivity index (χ4v) is 5.94. The lowest BCUT2D eigenvalue weighted by Gasteiger charge is -2.25. The highest BCUT2D eigenvalue weighted by Gasteiger charge is 2.42. The second kappa shape index (κ2) is 13.4. The number of para-hydroxylation sites is 1. The molecule has 0 saturated heterocycles. The SMILES string of the molecule is COc1ccc(CNC(=O)C[C@H]2N=C3c4ccccc4N=C(SCC(=O)NCCc4ccc(S(N)(=O)=O)cc4)N3C2=O)cc1. The summed E-state index contributed by atoms with van der Waals surface area (Å²) in [7, 11) is -2.19. The van der Waals surface area contributed by atoms with Crippen LogP contribution in [-0.4, -0.2) is 67.5 Å². The molecule has 228 valence electrons. The van der Waals surface area contributed by atoms with Gasteiger partial charge in [0.1, 0.15) is 17.6 Å². The molecular weight excluding hydrogens is 604 g/mol. The van der Waals surface area contributed by atoms with Crippen molar-refractivity contribution in [3.63, 3.8) is 0 Å². The maximum absolute atomic E-state index is 13.5. The molecule has 0 saturated carbocycles. The highest BCUT2D eigenvalue weighted by Crippen LogP contribution is 2.34. The highest BCUT2D eigenvalue weighted by molar-refractivity contribution is 8.14. The summed E-state index contributed by atoms with van der Waals surface area (Å²) in [6.45, 7) is 0.623. The number of aliphatic imine (C=N–C) groups is 2. The Morgan fingerprint density at radius 3 is 2.39 bits per heavy atom. The van der Waals surface area contributed by atoms with Crippen LogP contribution >= 0.6 is 11.8 Å². The number of nitrogens with zero attached hydrogens (tertiary/aromatic N) is 3. The first-order chi connectivity index (χ1) is 21.1. The first-order valence-corrected chi connectivity index (χ1v) is 16.2. The molecule has 3 aromatic carbocycles. The van der Waals surface area contributed by atoms with Gasteiger partial charge in [0.25, 0.3) is 5.91 Å². The third-order valence-electron chi connectivity index (χ3n) is 6.90. The van der Waals surface area contributed by atoms with E-state index in [1.165, 1.54) is 17.0 Å². The van der Waals surface area contributed by atoms with Crippen molar-refractivity contribution in [3.8, 4) is 5.75 Å². The fraction of sp³-hybridized carbons (Fsp3) is 0.233. The molecule has 0 unspecified atom stereocenters. The number of primary sulfonamides is 1. The van der Waals surface area contributed by atoms with E-state index in [-0.39, 0.29) is 34.8 Å². The second-order valence-electron chi connectivity index (χ2n) is 9.96. The van der Waals surface area contributed by atoms with Gasteiger partial charge in [-0.15, -0.1) is 0 Å². The first kappa shape index (κ1) is 30.9. The van der Waals surface area contributed by atoms with Crippen LogP contribution in [0.5, 0.6) is 5.75 Å². The van der Waals surface area contributed by atoms with Crippen molar-refractivity contribution in [1.29, 1.82) is 0 Å². The van der Waals surface area contributed by atoms with Gasteiger partial charge in [-0.1, -0.05) is 48.2 Å². The number of benzene rings is 3. The lowest BCUT2D eigenvalue weighted by atomic mass is 10.1. The van der Waals surface area contributed by atoms with Gasteiger partial charge in [-0.05, 0) is 53.9 Å². The third-order valence-corrected chi connectivity index (χ3v) is 8.76. The van der Waals surface area contributed by atoms with Gasteiger partial charge in [0.2, 0.25) is 21.8 Å². The number of carbonyl (C=O) groups excluding carboxylic acids is 3. The quantitative estimate of drug-likeness (QED) is 0.290. The number of amidine groups is 2. The van der Waals surface area contributed by atoms with Crippen molar-refractivity contribution < 1.29 is 27.5 Å². The number of amides is 3. The number of nitrogens with one attached hydrogen (secondary N) is 2. The Bertz CT molecular complexity index is 1740. The summed E-state index contributed by atoms with van der Waals surface area (Å²) < 4.78 is 28.0. The lowest BCUT2D eigenvalue weighted by molar-refractivity contribution is -0.128. The van der Waals surface area contributed by atoms with Crippen LogP contribution in [0.4, 0.5) is 5.69 Å². The zero-order valence-electron chi connectivity index (χ0n) is 23.7. The summed E-state index contributed by atoms with van der Waals surface area (Å²) in [5.41, 5.74) is 3.01. The Hall–Kier alpha value is -4.53. The normalized spacial score (nSPS) is 15.5. The van der Waals surface area contributed by atoms with Gasteiger partial charge in [-0.2, -0.15) is 0 Å². The molecular formula is C30H30N6O6S2. The predicted octanol–water partition coefficient (Wildman–Crippen LogP) is 2.10. The molecule has 0 bridgehead atoms. The van der Waals surface area contributed by atoms with Gasteiger partial charge in [0.15, 0.2) is 5.17 Å². The predicted molar refractivity (Wildman–Crippen MR) is 167 cm³/mol. The number of fused-ring (bicyclic) bond motifs is 3. The molecule has 44 heavy (non-hydrogen) atoms. The Labute approximate surface area is 258 Å². The maximum atomic E-state index is 13.5. The van der Waals surface area contributed by atoms with Crippen LogP contribution in [0.3, 0.4) is 0 Å². The average molecular weight is 635 g/mol. The van der Waals surface area contributed by atoms with E-state index in [4.69, 9.17) is 9.88 Å². The summed E-state index contributed by atoms with van der Waals surface area (Å²) in [6, 6.07) is 19.8. The Balaban J connectivity index is 1.18. The molecule has 0 fully saturated rings. The van der Waals surface area contributed by atoms with E-state index in [0.29, 0.717) is 47.5 Å². The van der Waals surface area contributed by atoms with Crippen LogP contribution in [0, 0.1) is 0 Å². The van der Waals surface area contributed by atoms with Gasteiger partial charge in [0, 0.05) is 18.7 Å². The molecule has 5 rings (SSSR count). The number of methoxy groups -OCH3 is 1. The van der Waals surface area contributed by atoms with E-state index in [1.54, 1.807) is 37.4 Å². The number of sulfonamides is 1. The van der Waals surface area contributed by atoms with Crippen LogP contribution in [-0.2, 0) is 37.4 Å². The number of nitrogens with two attached hydrogens (primary N) is 1. The minimum atomic E-state index is -3.77. The summed E-state index contributed by atoms with van der Waals surface area (Å²) in [6.07, 6.45) is 0.354. The van der Waals surface area contributed by atoms with E-state index in [1.807, 2.05) is 30.3 Å². The minimum Gasteiger partial charge on any atom is -0.497 e. The molecule has 12 nitrogen and oxygen atoms in total. The van der Waals surface area contributed by atoms with Crippen LogP contribution in [0.15, 0.2) is 87.7 Å². The largest absolute Gasteiger partial charge is 0.497 e. The zero-order chi connectivity index (χ0) is 31.3. The molecule has 1 atom stereocenters. The molecule has 0 aliphatic carbocycles. The van der Waals surface area contributed by atoms with Crippen LogP contribution < -0.4 is 20.5 Å². The molecule has 2 heterocycles. The molecule has 0 radical (unpaired) electrons. The summed E-state index contributed by atoms with van der Waals surface area (Å²) in [5, 5.41) is 11.1. The smallest absolute Gasteiger partial charge is 0.259 e. The Morgan fingerprint density at radius 2 is 1.68 bits per heavy atom. The number of thioether (sulfide) groups is 1. The molecule has 0 aromatic heterocycles. The summed E-state index contributed by atoms with van der Waals surface area (Å²) >= 11 is 1.10. The van der Waals surface area contributed by atoms with E-state index in [0.717, 1.165) is 22.9 Å². The zero-order valence-corrected chi connectivity index (χ0v) is 25.4. The van der Waals surface area contributed by atoms with Gasteiger partial charge in [0.05, 0.1) is 29.9 Å². The number of carbonyl (C=O) groups is 3. The summed E-state index contributed by atoms with van der Waals surface area (Å²) in [4.78, 5) is 49.5. The van der Waals surface area contributed by atoms with Crippen molar-refractivity contribution in [1.82, 2.24) is 15.5 Å². The Morgan fingerprint density at radius 1 is 0.977 bits per heavy atom. The lowest BCUT2D eigenvalue weighted by Crippen LogP contribution is -2.42. The van der Waals surface area contributed by atoms with Crippen LogP contribution in [0.1, 0.15) is 23.1 Å². The molecule has 3 aromatic rings. The maximum Gasteiger partial charge on any atom is 0.259 e. The first-order valence-electron chi connectivity index (χ1n) is 13.6. The van der Waals surface area contributed by atoms with Crippen molar-refractivity contribution in [2.45, 2.75) is 30.3 Å². The van der Waals surface area contributed by atoms with Gasteiger partial charge in [-0.25, -0.2) is 23.4 Å². The molecule has 2 aliphatic rings. The molecule has 2 aliphatic heterocycles. The molecule has 3 amide bonds. The summed E-state index contributed by atoms with van der Waals surface area (Å²) in [5.74, 6) is 0.143. The molecule has 0 spiro atoms. The van der Waals surface area contributed by atoms with Crippen molar-refractivity contribution in [2.24, 2.45) is 15.1 Å². The number of rotatable bonds is 11. The minimum absolute atomic E-state index is 0.00453. The molecule has 4 N–H and O–H groups in total. The second-order valence-corrected chi connectivity index (χ2v) is 12.5. The van der Waals surface area contributed by atoms with Crippen molar-refractivity contribution in [2.75, 3.05) is 19.4 Å². The number of ether oxygens (including phenoxy) is 1. The Kier molecular flexibility index (Phi) is 9.42. The van der Waals surface area contributed by atoms with E-state index >= 15 is 0 Å². The fourth-order valence-electron chi connectivity index (χ4n) is 4.60. The van der Waals surface area contributed by atoms with Crippen LogP contribution in [0.2, 0.25) is 0 Å². The topological polar surface area (TPSA) is 173 Å². The molecule has 14 heteroatoms. The monoisotopic (exact) mass is 634 g/mol. The van der Waals surface area contributed by atoms with E-state index in [9.17, 15) is 22.8 Å². The third kappa shape index (κ3) is 7.33. The van der Waals surface area contributed by atoms with E-state index in [2.05, 4.69) is 20.6 Å². The van der Waals surface area contributed by atoms with Gasteiger partial charge < -0.3 is 15.4 Å². The standard InChI is InChI=1S/C30H30N6O6S2/c1-42-21-10-6-20(7-11-21)17-33-26(37)16-25-29(39)36-28(34-25)23-4-2-3-5-24(23)35-30(36)43-18-27(38)32-15-14-19-8-12-22(13-9-19)44(31,40)41/h2-13,25H,14-18H2,1H3,(H,32,38)(H,33,37)(H2,31,40,41)/t25-/m1/s1. The highest BCUT2D eigenvalue weighted by atomic mass is 32.2. The van der Waals surface area contributed by atoms with Crippen LogP contribution in [0.25, 0.3) is 0 Å². The van der Waals surface area contributed by atoms with Gasteiger partial charge >= 0.3 is 0 Å².